The molecule has 1 heterocycles. The van der Waals surface area contributed by atoms with Gasteiger partial charge in [-0.25, -0.2) is 0 Å². The minimum atomic E-state index is -0.561. The molecule has 20 heavy (non-hydrogen) atoms. The van der Waals surface area contributed by atoms with Crippen molar-refractivity contribution in [2.75, 3.05) is 0 Å². The van der Waals surface area contributed by atoms with Crippen LogP contribution in [-0.4, -0.2) is 17.9 Å². The third-order valence-corrected chi connectivity index (χ3v) is 2.77. The molecule has 0 aromatic heterocycles. The number of rotatable bonds is 2. The van der Waals surface area contributed by atoms with Gasteiger partial charge in [-0.15, -0.1) is 0 Å². The summed E-state index contributed by atoms with van der Waals surface area (Å²) in [6, 6.07) is 2.94. The van der Waals surface area contributed by atoms with Gasteiger partial charge in [0.2, 0.25) is 0 Å². The number of carbonyl (C=O) groups excluding carboxylic acids is 3. The number of carbonyl (C=O) groups is 3. The van der Waals surface area contributed by atoms with Gasteiger partial charge < -0.3 is 14.2 Å². The van der Waals surface area contributed by atoms with Crippen molar-refractivity contribution in [2.45, 2.75) is 27.2 Å². The zero-order valence-corrected chi connectivity index (χ0v) is 11.4. The molecule has 0 fully saturated rings. The summed E-state index contributed by atoms with van der Waals surface area (Å²) in [5.74, 6) is -1.20. The smallest absolute Gasteiger partial charge is 0.314 e. The normalized spacial score (nSPS) is 16.9. The molecular formula is C14H14O6. The van der Waals surface area contributed by atoms with Crippen molar-refractivity contribution in [1.82, 2.24) is 0 Å². The van der Waals surface area contributed by atoms with E-state index in [2.05, 4.69) is 0 Å². The molecule has 1 unspecified atom stereocenters. The predicted octanol–water partition coefficient (Wildman–Crippen LogP) is 1.63. The van der Waals surface area contributed by atoms with Crippen LogP contribution in [0.25, 0.3) is 0 Å². The Balaban J connectivity index is 2.45. The first-order valence-corrected chi connectivity index (χ1v) is 6.12. The van der Waals surface area contributed by atoms with Gasteiger partial charge in [0.05, 0.1) is 5.92 Å². The predicted molar refractivity (Wildman–Crippen MR) is 67.6 cm³/mol. The van der Waals surface area contributed by atoms with Crippen LogP contribution in [0.4, 0.5) is 0 Å². The van der Waals surface area contributed by atoms with Gasteiger partial charge in [-0.1, -0.05) is 6.92 Å². The second kappa shape index (κ2) is 5.32. The van der Waals surface area contributed by atoms with Gasteiger partial charge in [-0.05, 0) is 18.1 Å². The lowest BCUT2D eigenvalue weighted by atomic mass is 9.97. The van der Waals surface area contributed by atoms with Crippen LogP contribution >= 0.6 is 0 Å². The Morgan fingerprint density at radius 3 is 2.25 bits per heavy atom. The van der Waals surface area contributed by atoms with E-state index in [1.807, 2.05) is 0 Å². The van der Waals surface area contributed by atoms with E-state index < -0.39 is 11.9 Å². The van der Waals surface area contributed by atoms with Gasteiger partial charge in [-0.3, -0.25) is 14.4 Å². The molecule has 1 aromatic carbocycles. The fourth-order valence-corrected chi connectivity index (χ4v) is 1.93. The topological polar surface area (TPSA) is 78.9 Å². The molecule has 0 saturated carbocycles. The lowest BCUT2D eigenvalue weighted by molar-refractivity contribution is -0.139. The van der Waals surface area contributed by atoms with E-state index in [9.17, 15) is 14.4 Å². The van der Waals surface area contributed by atoms with E-state index in [0.29, 0.717) is 12.2 Å². The van der Waals surface area contributed by atoms with Crippen molar-refractivity contribution >= 4 is 17.9 Å². The Labute approximate surface area is 115 Å². The number of esters is 3. The molecule has 0 bridgehead atoms. The molecule has 6 heteroatoms. The quantitative estimate of drug-likeness (QED) is 0.604. The zero-order chi connectivity index (χ0) is 14.9. The number of fused-ring (bicyclic) bond motifs is 1. The van der Waals surface area contributed by atoms with Crippen LogP contribution in [0.1, 0.15) is 26.3 Å². The molecule has 106 valence electrons. The third-order valence-electron chi connectivity index (χ3n) is 2.77. The summed E-state index contributed by atoms with van der Waals surface area (Å²) < 4.78 is 15.1. The number of hydrogen-bond acceptors (Lipinski definition) is 6. The first kappa shape index (κ1) is 14.0. The van der Waals surface area contributed by atoms with Crippen molar-refractivity contribution < 1.29 is 28.6 Å². The maximum atomic E-state index is 11.5. The van der Waals surface area contributed by atoms with Crippen LogP contribution in [0.15, 0.2) is 12.1 Å². The molecule has 1 aliphatic heterocycles. The standard InChI is InChI=1S/C14H14O6/c1-7-4-10-5-12(18-8(2)15)13(19-9(3)16)6-11(10)20-14(7)17/h5-7H,4H2,1-3H3. The van der Waals surface area contributed by atoms with Crippen LogP contribution in [-0.2, 0) is 20.8 Å². The highest BCUT2D eigenvalue weighted by Crippen LogP contribution is 2.38. The molecule has 2 rings (SSSR count). The molecule has 0 aliphatic carbocycles. The van der Waals surface area contributed by atoms with Crippen LogP contribution in [0.2, 0.25) is 0 Å². The molecular weight excluding hydrogens is 264 g/mol. The second-order valence-electron chi connectivity index (χ2n) is 4.62. The van der Waals surface area contributed by atoms with Gasteiger partial charge in [0.25, 0.3) is 0 Å². The second-order valence-corrected chi connectivity index (χ2v) is 4.62. The van der Waals surface area contributed by atoms with Crippen LogP contribution in [0, 0.1) is 5.92 Å². The average Bonchev–Trinajstić information content (AvgIpc) is 2.31. The largest absolute Gasteiger partial charge is 0.426 e. The van der Waals surface area contributed by atoms with Crippen molar-refractivity contribution in [1.29, 1.82) is 0 Å². The van der Waals surface area contributed by atoms with E-state index in [1.165, 1.54) is 19.9 Å². The highest BCUT2D eigenvalue weighted by molar-refractivity contribution is 5.79. The highest BCUT2D eigenvalue weighted by Gasteiger charge is 2.27. The Hall–Kier alpha value is -2.37. The molecule has 1 aliphatic rings. The highest BCUT2D eigenvalue weighted by atomic mass is 16.6. The van der Waals surface area contributed by atoms with Gasteiger partial charge in [0, 0.05) is 19.9 Å². The number of hydrogen-bond donors (Lipinski definition) is 0. The van der Waals surface area contributed by atoms with Gasteiger partial charge in [0.1, 0.15) is 5.75 Å². The summed E-state index contributed by atoms with van der Waals surface area (Å²) >= 11 is 0. The molecule has 0 saturated heterocycles. The lowest BCUT2D eigenvalue weighted by Crippen LogP contribution is -2.25. The van der Waals surface area contributed by atoms with E-state index in [-0.39, 0.29) is 23.4 Å². The number of ether oxygens (including phenoxy) is 3. The van der Waals surface area contributed by atoms with Crippen molar-refractivity contribution in [3.8, 4) is 17.2 Å². The summed E-state index contributed by atoms with van der Waals surface area (Å²) in [4.78, 5) is 33.7. The Kier molecular flexibility index (Phi) is 3.74. The number of benzene rings is 1. The SMILES string of the molecule is CC(=O)Oc1cc2c(cc1OC(C)=O)OC(=O)C(C)C2. The molecule has 1 atom stereocenters. The summed E-state index contributed by atoms with van der Waals surface area (Å²) in [6.07, 6.45) is 0.475. The zero-order valence-electron chi connectivity index (χ0n) is 11.4. The molecule has 6 nitrogen and oxygen atoms in total. The summed E-state index contributed by atoms with van der Waals surface area (Å²) in [6.45, 7) is 4.22. The van der Waals surface area contributed by atoms with Gasteiger partial charge in [0.15, 0.2) is 11.5 Å². The molecule has 0 spiro atoms. The Bertz CT molecular complexity index is 590. The Morgan fingerprint density at radius 1 is 1.15 bits per heavy atom. The summed E-state index contributed by atoms with van der Waals surface area (Å²) in [5, 5.41) is 0. The van der Waals surface area contributed by atoms with Crippen LogP contribution in [0.3, 0.4) is 0 Å². The third kappa shape index (κ3) is 2.96. The maximum Gasteiger partial charge on any atom is 0.314 e. The van der Waals surface area contributed by atoms with E-state index >= 15 is 0 Å². The van der Waals surface area contributed by atoms with E-state index in [0.717, 1.165) is 5.56 Å². The minimum absolute atomic E-state index is 0.0498. The van der Waals surface area contributed by atoms with E-state index in [1.54, 1.807) is 13.0 Å². The van der Waals surface area contributed by atoms with Gasteiger partial charge >= 0.3 is 17.9 Å². The molecule has 0 radical (unpaired) electrons. The average molecular weight is 278 g/mol. The van der Waals surface area contributed by atoms with Crippen LogP contribution in [0.5, 0.6) is 17.2 Å². The minimum Gasteiger partial charge on any atom is -0.426 e. The van der Waals surface area contributed by atoms with Crippen LogP contribution < -0.4 is 14.2 Å². The van der Waals surface area contributed by atoms with Crippen molar-refractivity contribution in [3.05, 3.63) is 17.7 Å². The fraction of sp³-hybridized carbons (Fsp3) is 0.357. The maximum absolute atomic E-state index is 11.5. The lowest BCUT2D eigenvalue weighted by Gasteiger charge is -2.22. The summed E-state index contributed by atoms with van der Waals surface area (Å²) in [5.41, 5.74) is 0.726. The van der Waals surface area contributed by atoms with Crippen molar-refractivity contribution in [3.63, 3.8) is 0 Å². The first-order valence-electron chi connectivity index (χ1n) is 6.12. The van der Waals surface area contributed by atoms with Gasteiger partial charge in [-0.2, -0.15) is 0 Å². The molecule has 0 N–H and O–H groups in total. The fourth-order valence-electron chi connectivity index (χ4n) is 1.93. The molecule has 0 amide bonds. The first-order chi connectivity index (χ1) is 9.36. The monoisotopic (exact) mass is 278 g/mol. The summed E-state index contributed by atoms with van der Waals surface area (Å²) in [7, 11) is 0. The molecule has 1 aromatic rings. The van der Waals surface area contributed by atoms with Crippen molar-refractivity contribution in [2.24, 2.45) is 5.92 Å². The van der Waals surface area contributed by atoms with E-state index in [4.69, 9.17) is 14.2 Å². The Morgan fingerprint density at radius 2 is 1.70 bits per heavy atom.